The zero-order chi connectivity index (χ0) is 20.7. The maximum Gasteiger partial charge on any atom is 0.248 e. The fourth-order valence-electron chi connectivity index (χ4n) is 4.71. The van der Waals surface area contributed by atoms with Crippen molar-refractivity contribution in [2.24, 2.45) is 17.6 Å². The number of nitrogens with one attached hydrogen (secondary N) is 1. The van der Waals surface area contributed by atoms with Crippen molar-refractivity contribution in [1.29, 1.82) is 5.26 Å². The molecule has 0 aromatic heterocycles. The lowest BCUT2D eigenvalue weighted by Crippen LogP contribution is -2.47. The Morgan fingerprint density at radius 1 is 1.28 bits per heavy atom. The maximum atomic E-state index is 11.8. The first kappa shape index (κ1) is 19.1. The van der Waals surface area contributed by atoms with Crippen LogP contribution in [0.25, 0.3) is 0 Å². The van der Waals surface area contributed by atoms with Gasteiger partial charge in [0, 0.05) is 36.3 Å². The van der Waals surface area contributed by atoms with Gasteiger partial charge < -0.3 is 20.7 Å². The van der Waals surface area contributed by atoms with Crippen molar-refractivity contribution < 1.29 is 9.53 Å². The topological polar surface area (TPSA) is 91.4 Å². The average Bonchev–Trinajstić information content (AvgIpc) is 3.55. The average molecular weight is 390 g/mol. The van der Waals surface area contributed by atoms with E-state index in [4.69, 9.17) is 10.5 Å². The summed E-state index contributed by atoms with van der Waals surface area (Å²) in [6.07, 6.45) is 2.50. The molecule has 6 nitrogen and oxygen atoms in total. The number of carbonyl (C=O) groups is 1. The predicted molar refractivity (Wildman–Crippen MR) is 113 cm³/mol. The highest BCUT2D eigenvalue weighted by atomic mass is 16.5. The predicted octanol–water partition coefficient (Wildman–Crippen LogP) is 3.68. The molecule has 150 valence electrons. The molecule has 2 aliphatic rings. The summed E-state index contributed by atoms with van der Waals surface area (Å²) in [5, 5.41) is 12.8. The zero-order valence-corrected chi connectivity index (χ0v) is 17.0. The molecule has 1 heterocycles. The highest BCUT2D eigenvalue weighted by Crippen LogP contribution is 2.50. The number of nitriles is 1. The minimum Gasteiger partial charge on any atom is -0.495 e. The number of primary amides is 1. The molecule has 0 radical (unpaired) electrons. The van der Waals surface area contributed by atoms with E-state index in [9.17, 15) is 10.1 Å². The van der Waals surface area contributed by atoms with E-state index in [0.29, 0.717) is 34.8 Å². The van der Waals surface area contributed by atoms with Crippen LogP contribution >= 0.6 is 0 Å². The van der Waals surface area contributed by atoms with Crippen LogP contribution in [0.4, 0.5) is 11.4 Å². The minimum absolute atomic E-state index is 0.00654. The molecule has 0 spiro atoms. The number of rotatable bonds is 5. The van der Waals surface area contributed by atoms with E-state index in [1.54, 1.807) is 25.3 Å². The SMILES string of the molecule is COc1cc(C#N)ccc1N[C@H]1c2cc(C(N)=O)ccc2N(C)[C@@H](C2CC2)C1C. The number of hydrogen-bond donors (Lipinski definition) is 2. The number of benzene rings is 2. The number of hydrogen-bond acceptors (Lipinski definition) is 5. The monoisotopic (exact) mass is 390 g/mol. The van der Waals surface area contributed by atoms with Crippen molar-refractivity contribution >= 4 is 17.3 Å². The van der Waals surface area contributed by atoms with Gasteiger partial charge in [0.25, 0.3) is 0 Å². The fourth-order valence-corrected chi connectivity index (χ4v) is 4.71. The third-order valence-electron chi connectivity index (χ3n) is 6.29. The number of fused-ring (bicyclic) bond motifs is 1. The molecule has 1 amide bonds. The summed E-state index contributed by atoms with van der Waals surface area (Å²) in [5.74, 6) is 1.20. The van der Waals surface area contributed by atoms with E-state index in [2.05, 4.69) is 30.3 Å². The van der Waals surface area contributed by atoms with Crippen LogP contribution in [-0.4, -0.2) is 26.1 Å². The molecule has 0 saturated heterocycles. The molecule has 3 atom stereocenters. The lowest BCUT2D eigenvalue weighted by molar-refractivity contribution is 0.1000. The normalized spacial score (nSPS) is 23.1. The third-order valence-corrected chi connectivity index (χ3v) is 6.29. The molecule has 2 aromatic rings. The molecule has 4 rings (SSSR count). The lowest BCUT2D eigenvalue weighted by Gasteiger charge is -2.46. The van der Waals surface area contributed by atoms with E-state index < -0.39 is 5.91 Å². The summed E-state index contributed by atoms with van der Waals surface area (Å²) < 4.78 is 5.52. The first-order valence-corrected chi connectivity index (χ1v) is 9.96. The molecule has 1 saturated carbocycles. The van der Waals surface area contributed by atoms with Crippen LogP contribution in [-0.2, 0) is 0 Å². The Morgan fingerprint density at radius 3 is 2.66 bits per heavy atom. The Kier molecular flexibility index (Phi) is 4.83. The lowest BCUT2D eigenvalue weighted by atomic mass is 9.79. The van der Waals surface area contributed by atoms with Gasteiger partial charge in [0.15, 0.2) is 0 Å². The van der Waals surface area contributed by atoms with Crippen LogP contribution < -0.4 is 20.7 Å². The number of nitrogens with two attached hydrogens (primary N) is 1. The molecule has 29 heavy (non-hydrogen) atoms. The van der Waals surface area contributed by atoms with Gasteiger partial charge in [-0.05, 0) is 54.7 Å². The highest BCUT2D eigenvalue weighted by Gasteiger charge is 2.45. The number of anilines is 2. The van der Waals surface area contributed by atoms with Gasteiger partial charge in [-0.1, -0.05) is 6.92 Å². The van der Waals surface area contributed by atoms with Gasteiger partial charge in [0.2, 0.25) is 5.91 Å². The molecule has 3 N–H and O–H groups in total. The van der Waals surface area contributed by atoms with Gasteiger partial charge in [0.1, 0.15) is 5.75 Å². The van der Waals surface area contributed by atoms with Crippen LogP contribution in [0.3, 0.4) is 0 Å². The summed E-state index contributed by atoms with van der Waals surface area (Å²) in [7, 11) is 3.74. The van der Waals surface area contributed by atoms with E-state index in [1.807, 2.05) is 18.2 Å². The number of nitrogens with zero attached hydrogens (tertiary/aromatic N) is 2. The number of carbonyl (C=O) groups excluding carboxylic acids is 1. The molecular formula is C23H26N4O2. The summed E-state index contributed by atoms with van der Waals surface area (Å²) in [4.78, 5) is 14.2. The zero-order valence-electron chi connectivity index (χ0n) is 17.0. The number of methoxy groups -OCH3 is 1. The van der Waals surface area contributed by atoms with Crippen molar-refractivity contribution in [3.63, 3.8) is 0 Å². The van der Waals surface area contributed by atoms with Crippen LogP contribution in [0.1, 0.15) is 47.3 Å². The molecule has 1 aliphatic carbocycles. The van der Waals surface area contributed by atoms with E-state index in [-0.39, 0.29) is 6.04 Å². The van der Waals surface area contributed by atoms with Crippen molar-refractivity contribution in [2.45, 2.75) is 31.8 Å². The fraction of sp³-hybridized carbons (Fsp3) is 0.391. The highest BCUT2D eigenvalue weighted by molar-refractivity contribution is 5.93. The second kappa shape index (κ2) is 7.32. The van der Waals surface area contributed by atoms with E-state index >= 15 is 0 Å². The smallest absolute Gasteiger partial charge is 0.248 e. The van der Waals surface area contributed by atoms with Crippen molar-refractivity contribution in [1.82, 2.24) is 0 Å². The van der Waals surface area contributed by atoms with E-state index in [1.165, 1.54) is 12.8 Å². The second-order valence-corrected chi connectivity index (χ2v) is 8.08. The molecule has 6 heteroatoms. The van der Waals surface area contributed by atoms with Gasteiger partial charge in [-0.25, -0.2) is 0 Å². The molecular weight excluding hydrogens is 364 g/mol. The summed E-state index contributed by atoms with van der Waals surface area (Å²) in [6.45, 7) is 2.26. The Hall–Kier alpha value is -3.20. The Labute approximate surface area is 171 Å². The first-order valence-electron chi connectivity index (χ1n) is 9.96. The molecule has 0 bridgehead atoms. The van der Waals surface area contributed by atoms with Crippen LogP contribution in [0, 0.1) is 23.2 Å². The van der Waals surface area contributed by atoms with Crippen LogP contribution in [0.2, 0.25) is 0 Å². The second-order valence-electron chi connectivity index (χ2n) is 8.08. The summed E-state index contributed by atoms with van der Waals surface area (Å²) >= 11 is 0. The Morgan fingerprint density at radius 2 is 2.03 bits per heavy atom. The first-order chi connectivity index (χ1) is 13.9. The summed E-state index contributed by atoms with van der Waals surface area (Å²) in [5.41, 5.74) is 9.62. The Balaban J connectivity index is 1.79. The third kappa shape index (κ3) is 3.38. The van der Waals surface area contributed by atoms with Crippen molar-refractivity contribution in [3.05, 3.63) is 53.1 Å². The number of amides is 1. The molecule has 1 aliphatic heterocycles. The van der Waals surface area contributed by atoms with Gasteiger partial charge in [-0.3, -0.25) is 4.79 Å². The van der Waals surface area contributed by atoms with Gasteiger partial charge in [-0.15, -0.1) is 0 Å². The molecule has 2 aromatic carbocycles. The van der Waals surface area contributed by atoms with Gasteiger partial charge in [0.05, 0.1) is 30.5 Å². The maximum absolute atomic E-state index is 11.8. The van der Waals surface area contributed by atoms with Crippen LogP contribution in [0.15, 0.2) is 36.4 Å². The van der Waals surface area contributed by atoms with Crippen LogP contribution in [0.5, 0.6) is 5.75 Å². The largest absolute Gasteiger partial charge is 0.495 e. The van der Waals surface area contributed by atoms with Gasteiger partial charge >= 0.3 is 0 Å². The molecule has 1 fully saturated rings. The standard InChI is InChI=1S/C23H26N4O2/c1-13-21(26-18-8-4-14(12-24)10-20(18)29-3)17-11-16(23(25)28)7-9-19(17)27(2)22(13)15-5-6-15/h4,7-11,13,15,21-22,26H,5-6H2,1-3H3,(H2,25,28)/t13?,21-,22-/m1/s1. The minimum atomic E-state index is -0.429. The van der Waals surface area contributed by atoms with Gasteiger partial charge in [-0.2, -0.15) is 5.26 Å². The van der Waals surface area contributed by atoms with Crippen molar-refractivity contribution in [3.8, 4) is 11.8 Å². The molecule has 1 unspecified atom stereocenters. The Bertz CT molecular complexity index is 993. The number of ether oxygens (including phenoxy) is 1. The van der Waals surface area contributed by atoms with E-state index in [0.717, 1.165) is 16.9 Å². The quantitative estimate of drug-likeness (QED) is 0.812. The summed E-state index contributed by atoms with van der Waals surface area (Å²) in [6, 6.07) is 13.7. The van der Waals surface area contributed by atoms with Crippen molar-refractivity contribution in [2.75, 3.05) is 24.4 Å².